The maximum Gasteiger partial charge on any atom is 0.187 e. The molecule has 1 aromatic rings. The Labute approximate surface area is 102 Å². The van der Waals surface area contributed by atoms with Crippen LogP contribution >= 0.6 is 0 Å². The molecule has 0 heterocycles. The fraction of sp³-hybridized carbons (Fsp3) is 0.538. The molecule has 0 radical (unpaired) electrons. The van der Waals surface area contributed by atoms with Crippen LogP contribution in [-0.2, 0) is 9.47 Å². The van der Waals surface area contributed by atoms with Crippen molar-refractivity contribution >= 4 is 0 Å². The van der Waals surface area contributed by atoms with Crippen molar-refractivity contribution in [2.75, 3.05) is 20.8 Å². The van der Waals surface area contributed by atoms with E-state index in [9.17, 15) is 5.11 Å². The molecule has 0 bridgehead atoms. The van der Waals surface area contributed by atoms with E-state index in [-0.39, 0.29) is 0 Å². The molecule has 0 saturated carbocycles. The Kier molecular flexibility index (Phi) is 5.97. The van der Waals surface area contributed by atoms with Crippen LogP contribution in [0.1, 0.15) is 25.0 Å². The Morgan fingerprint density at radius 2 is 1.71 bits per heavy atom. The van der Waals surface area contributed by atoms with E-state index >= 15 is 0 Å². The smallest absolute Gasteiger partial charge is 0.187 e. The fourth-order valence-corrected chi connectivity index (χ4v) is 1.49. The average Bonchev–Trinajstić information content (AvgIpc) is 2.38. The van der Waals surface area contributed by atoms with Crippen LogP contribution in [0.5, 0.6) is 5.75 Å². The number of hydrogen-bond donors (Lipinski definition) is 1. The lowest BCUT2D eigenvalue weighted by atomic mass is 10.1. The molecule has 0 spiro atoms. The third kappa shape index (κ3) is 4.00. The van der Waals surface area contributed by atoms with Crippen molar-refractivity contribution in [3.8, 4) is 5.75 Å². The van der Waals surface area contributed by atoms with Crippen molar-refractivity contribution in [1.29, 1.82) is 0 Å². The number of ether oxygens (including phenoxy) is 3. The molecule has 0 aliphatic carbocycles. The van der Waals surface area contributed by atoms with Gasteiger partial charge in [0.15, 0.2) is 6.29 Å². The van der Waals surface area contributed by atoms with E-state index in [2.05, 4.69) is 6.92 Å². The van der Waals surface area contributed by atoms with Crippen LogP contribution in [0.25, 0.3) is 0 Å². The summed E-state index contributed by atoms with van der Waals surface area (Å²) in [5.74, 6) is 0.800. The first-order chi connectivity index (χ1) is 8.22. The number of hydrogen-bond acceptors (Lipinski definition) is 4. The molecule has 4 heteroatoms. The van der Waals surface area contributed by atoms with Crippen molar-refractivity contribution in [3.63, 3.8) is 0 Å². The summed E-state index contributed by atoms with van der Waals surface area (Å²) in [4.78, 5) is 0. The van der Waals surface area contributed by atoms with Gasteiger partial charge in [0.25, 0.3) is 0 Å². The summed E-state index contributed by atoms with van der Waals surface area (Å²) >= 11 is 0. The Hall–Kier alpha value is -1.10. The van der Waals surface area contributed by atoms with Gasteiger partial charge in [0, 0.05) is 14.2 Å². The molecule has 0 aliphatic heterocycles. The predicted octanol–water partition coefficient (Wildman–Crippen LogP) is 2.13. The minimum absolute atomic E-state index is 0.655. The lowest BCUT2D eigenvalue weighted by Gasteiger charge is -2.20. The van der Waals surface area contributed by atoms with E-state index in [1.807, 2.05) is 12.1 Å². The molecule has 4 nitrogen and oxygen atoms in total. The zero-order valence-electron chi connectivity index (χ0n) is 10.6. The zero-order valence-corrected chi connectivity index (χ0v) is 10.6. The number of methoxy groups -OCH3 is 2. The fourth-order valence-electron chi connectivity index (χ4n) is 1.49. The Balaban J connectivity index is 2.66. The van der Waals surface area contributed by atoms with Gasteiger partial charge in [0.05, 0.1) is 6.61 Å². The van der Waals surface area contributed by atoms with Gasteiger partial charge < -0.3 is 19.3 Å². The van der Waals surface area contributed by atoms with Gasteiger partial charge in [-0.25, -0.2) is 0 Å². The quantitative estimate of drug-likeness (QED) is 0.742. The van der Waals surface area contributed by atoms with Crippen LogP contribution in [0.15, 0.2) is 24.3 Å². The van der Waals surface area contributed by atoms with E-state index in [0.29, 0.717) is 6.61 Å². The normalized spacial score (nSPS) is 12.8. The molecule has 0 saturated heterocycles. The van der Waals surface area contributed by atoms with Gasteiger partial charge in [-0.2, -0.15) is 0 Å². The monoisotopic (exact) mass is 240 g/mol. The van der Waals surface area contributed by atoms with Crippen molar-refractivity contribution in [2.45, 2.75) is 25.7 Å². The van der Waals surface area contributed by atoms with Crippen LogP contribution in [0.2, 0.25) is 0 Å². The Morgan fingerprint density at radius 1 is 1.12 bits per heavy atom. The summed E-state index contributed by atoms with van der Waals surface area (Å²) in [6.45, 7) is 2.75. The SMILES string of the molecule is CCCOc1ccc(C(O)C(OC)OC)cc1. The van der Waals surface area contributed by atoms with Crippen molar-refractivity contribution in [3.05, 3.63) is 29.8 Å². The van der Waals surface area contributed by atoms with Gasteiger partial charge in [0.1, 0.15) is 11.9 Å². The largest absolute Gasteiger partial charge is 0.494 e. The summed E-state index contributed by atoms with van der Waals surface area (Å²) in [6, 6.07) is 7.27. The molecule has 0 amide bonds. The van der Waals surface area contributed by atoms with Crippen molar-refractivity contribution in [2.24, 2.45) is 0 Å². The molecule has 0 fully saturated rings. The molecule has 1 unspecified atom stereocenters. The standard InChI is InChI=1S/C13H20O4/c1-4-9-17-11-7-5-10(6-8-11)12(14)13(15-2)16-3/h5-8,12-14H,4,9H2,1-3H3. The maximum absolute atomic E-state index is 9.96. The van der Waals surface area contributed by atoms with E-state index in [1.54, 1.807) is 12.1 Å². The summed E-state index contributed by atoms with van der Waals surface area (Å²) in [5, 5.41) is 9.96. The first-order valence-corrected chi connectivity index (χ1v) is 5.69. The van der Waals surface area contributed by atoms with Gasteiger partial charge in [-0.05, 0) is 24.1 Å². The summed E-state index contributed by atoms with van der Waals surface area (Å²) in [5.41, 5.74) is 0.738. The van der Waals surface area contributed by atoms with E-state index in [1.165, 1.54) is 14.2 Å². The maximum atomic E-state index is 9.96. The first-order valence-electron chi connectivity index (χ1n) is 5.69. The lowest BCUT2D eigenvalue weighted by molar-refractivity contribution is -0.166. The highest BCUT2D eigenvalue weighted by atomic mass is 16.7. The van der Waals surface area contributed by atoms with Crippen LogP contribution in [0.3, 0.4) is 0 Å². The second-order valence-corrected chi connectivity index (χ2v) is 3.70. The second-order valence-electron chi connectivity index (χ2n) is 3.70. The Bertz CT molecular complexity index is 306. The molecule has 0 aliphatic rings. The first kappa shape index (κ1) is 14.0. The third-order valence-electron chi connectivity index (χ3n) is 2.42. The molecule has 0 aromatic heterocycles. The molecule has 96 valence electrons. The zero-order chi connectivity index (χ0) is 12.7. The average molecular weight is 240 g/mol. The Morgan fingerprint density at radius 3 is 2.18 bits per heavy atom. The van der Waals surface area contributed by atoms with Gasteiger partial charge in [-0.1, -0.05) is 19.1 Å². The minimum Gasteiger partial charge on any atom is -0.494 e. The van der Waals surface area contributed by atoms with E-state index < -0.39 is 12.4 Å². The summed E-state index contributed by atoms with van der Waals surface area (Å²) in [6.07, 6.45) is -0.484. The van der Waals surface area contributed by atoms with E-state index in [0.717, 1.165) is 17.7 Å². The molecule has 1 N–H and O–H groups in total. The highest BCUT2D eigenvalue weighted by molar-refractivity contribution is 5.28. The van der Waals surface area contributed by atoms with Gasteiger partial charge >= 0.3 is 0 Å². The number of rotatable bonds is 7. The topological polar surface area (TPSA) is 47.9 Å². The number of benzene rings is 1. The van der Waals surface area contributed by atoms with Crippen molar-refractivity contribution < 1.29 is 19.3 Å². The minimum atomic E-state index is -0.801. The van der Waals surface area contributed by atoms with Crippen molar-refractivity contribution in [1.82, 2.24) is 0 Å². The van der Waals surface area contributed by atoms with Gasteiger partial charge in [0.2, 0.25) is 0 Å². The highest BCUT2D eigenvalue weighted by Gasteiger charge is 2.19. The third-order valence-corrected chi connectivity index (χ3v) is 2.42. The van der Waals surface area contributed by atoms with E-state index in [4.69, 9.17) is 14.2 Å². The molecular weight excluding hydrogens is 220 g/mol. The summed E-state index contributed by atoms with van der Waals surface area (Å²) < 4.78 is 15.5. The lowest BCUT2D eigenvalue weighted by Crippen LogP contribution is -2.22. The molecule has 17 heavy (non-hydrogen) atoms. The van der Waals surface area contributed by atoms with Crippen LogP contribution < -0.4 is 4.74 Å². The molecular formula is C13H20O4. The van der Waals surface area contributed by atoms with Gasteiger partial charge in [-0.3, -0.25) is 0 Å². The van der Waals surface area contributed by atoms with Crippen LogP contribution in [-0.4, -0.2) is 32.2 Å². The molecule has 1 atom stereocenters. The highest BCUT2D eigenvalue weighted by Crippen LogP contribution is 2.22. The van der Waals surface area contributed by atoms with Gasteiger partial charge in [-0.15, -0.1) is 0 Å². The van der Waals surface area contributed by atoms with Crippen LogP contribution in [0, 0.1) is 0 Å². The number of aliphatic hydroxyl groups is 1. The molecule has 1 rings (SSSR count). The second kappa shape index (κ2) is 7.27. The van der Waals surface area contributed by atoms with Crippen LogP contribution in [0.4, 0.5) is 0 Å². The predicted molar refractivity (Wildman–Crippen MR) is 65.0 cm³/mol. The molecule has 1 aromatic carbocycles. The summed E-state index contributed by atoms with van der Waals surface area (Å²) in [7, 11) is 2.99. The number of aliphatic hydroxyl groups excluding tert-OH is 1.